The fourth-order valence-corrected chi connectivity index (χ4v) is 2.31. The second-order valence-corrected chi connectivity index (χ2v) is 5.41. The van der Waals surface area contributed by atoms with Gasteiger partial charge in [0, 0.05) is 32.1 Å². The SMILES string of the molecule is CC(C)c1nc(C(=O)N2CCCN(CCO)CC2)n[nH]1. The van der Waals surface area contributed by atoms with E-state index in [4.69, 9.17) is 5.11 Å². The van der Waals surface area contributed by atoms with Crippen molar-refractivity contribution in [2.45, 2.75) is 26.2 Å². The number of aliphatic hydroxyl groups is 1. The molecule has 0 spiro atoms. The third-order valence-corrected chi connectivity index (χ3v) is 3.53. The van der Waals surface area contributed by atoms with E-state index >= 15 is 0 Å². The van der Waals surface area contributed by atoms with Crippen LogP contribution in [0.5, 0.6) is 0 Å². The van der Waals surface area contributed by atoms with Crippen molar-refractivity contribution in [1.29, 1.82) is 0 Å². The van der Waals surface area contributed by atoms with Gasteiger partial charge in [-0.15, -0.1) is 5.10 Å². The van der Waals surface area contributed by atoms with Gasteiger partial charge in [0.25, 0.3) is 5.91 Å². The molecule has 1 aromatic heterocycles. The summed E-state index contributed by atoms with van der Waals surface area (Å²) in [5, 5.41) is 15.8. The maximum absolute atomic E-state index is 12.4. The van der Waals surface area contributed by atoms with Gasteiger partial charge in [0.15, 0.2) is 0 Å². The van der Waals surface area contributed by atoms with Crippen LogP contribution >= 0.6 is 0 Å². The average Bonchev–Trinajstić information content (AvgIpc) is 2.80. The maximum Gasteiger partial charge on any atom is 0.293 e. The van der Waals surface area contributed by atoms with Crippen molar-refractivity contribution in [3.05, 3.63) is 11.6 Å². The minimum Gasteiger partial charge on any atom is -0.395 e. The van der Waals surface area contributed by atoms with Gasteiger partial charge in [0.2, 0.25) is 5.82 Å². The summed E-state index contributed by atoms with van der Waals surface area (Å²) in [4.78, 5) is 20.6. The molecule has 0 aliphatic carbocycles. The summed E-state index contributed by atoms with van der Waals surface area (Å²) in [5.41, 5.74) is 0. The van der Waals surface area contributed by atoms with E-state index in [0.717, 1.165) is 25.3 Å². The molecule has 0 radical (unpaired) electrons. The second-order valence-electron chi connectivity index (χ2n) is 5.41. The van der Waals surface area contributed by atoms with Crippen molar-refractivity contribution in [2.24, 2.45) is 0 Å². The summed E-state index contributed by atoms with van der Waals surface area (Å²) < 4.78 is 0. The Hall–Kier alpha value is -1.47. The number of aliphatic hydroxyl groups excluding tert-OH is 1. The van der Waals surface area contributed by atoms with Crippen LogP contribution in [0.1, 0.15) is 42.6 Å². The van der Waals surface area contributed by atoms with Crippen LogP contribution in [0.4, 0.5) is 0 Å². The number of nitrogens with zero attached hydrogens (tertiary/aromatic N) is 4. The van der Waals surface area contributed by atoms with Gasteiger partial charge in [-0.2, -0.15) is 0 Å². The minimum absolute atomic E-state index is 0.112. The number of aromatic nitrogens is 3. The fraction of sp³-hybridized carbons (Fsp3) is 0.769. The smallest absolute Gasteiger partial charge is 0.293 e. The number of β-amino-alcohol motifs (C(OH)–C–C–N with tert-alkyl or cyclic N) is 1. The van der Waals surface area contributed by atoms with Crippen molar-refractivity contribution < 1.29 is 9.90 Å². The molecule has 2 rings (SSSR count). The zero-order valence-corrected chi connectivity index (χ0v) is 12.2. The molecule has 0 atom stereocenters. The van der Waals surface area contributed by atoms with Crippen molar-refractivity contribution >= 4 is 5.91 Å². The molecule has 1 amide bonds. The fourth-order valence-electron chi connectivity index (χ4n) is 2.31. The first-order valence-electron chi connectivity index (χ1n) is 7.16. The first-order chi connectivity index (χ1) is 9.61. The van der Waals surface area contributed by atoms with E-state index in [1.807, 2.05) is 13.8 Å². The Kier molecular flexibility index (Phi) is 5.08. The summed E-state index contributed by atoms with van der Waals surface area (Å²) in [6, 6.07) is 0. The zero-order valence-electron chi connectivity index (χ0n) is 12.2. The van der Waals surface area contributed by atoms with E-state index in [9.17, 15) is 4.79 Å². The molecule has 1 fully saturated rings. The van der Waals surface area contributed by atoms with E-state index < -0.39 is 0 Å². The number of H-pyrrole nitrogens is 1. The van der Waals surface area contributed by atoms with Crippen LogP contribution in [0, 0.1) is 0 Å². The maximum atomic E-state index is 12.4. The second kappa shape index (κ2) is 6.81. The van der Waals surface area contributed by atoms with Crippen LogP contribution in [0.25, 0.3) is 0 Å². The predicted molar refractivity (Wildman–Crippen MR) is 74.5 cm³/mol. The number of carbonyl (C=O) groups excluding carboxylic acids is 1. The molecule has 0 aromatic carbocycles. The Balaban J connectivity index is 1.98. The van der Waals surface area contributed by atoms with E-state index in [2.05, 4.69) is 20.1 Å². The van der Waals surface area contributed by atoms with Crippen molar-refractivity contribution in [2.75, 3.05) is 39.3 Å². The Morgan fingerprint density at radius 1 is 1.35 bits per heavy atom. The summed E-state index contributed by atoms with van der Waals surface area (Å²) in [6.07, 6.45) is 0.910. The van der Waals surface area contributed by atoms with Crippen molar-refractivity contribution in [3.8, 4) is 0 Å². The van der Waals surface area contributed by atoms with Crippen LogP contribution in [0.2, 0.25) is 0 Å². The predicted octanol–water partition coefficient (Wildman–Crippen LogP) is 0.0683. The normalized spacial score (nSPS) is 17.5. The highest BCUT2D eigenvalue weighted by Gasteiger charge is 2.23. The quantitative estimate of drug-likeness (QED) is 0.815. The summed E-state index contributed by atoms with van der Waals surface area (Å²) in [6.45, 7) is 7.91. The third-order valence-electron chi connectivity index (χ3n) is 3.53. The number of hydrogen-bond acceptors (Lipinski definition) is 5. The zero-order chi connectivity index (χ0) is 14.5. The number of rotatable bonds is 4. The molecule has 0 bridgehead atoms. The Labute approximate surface area is 119 Å². The Morgan fingerprint density at radius 3 is 2.80 bits per heavy atom. The molecular formula is C13H23N5O2. The van der Waals surface area contributed by atoms with Gasteiger partial charge >= 0.3 is 0 Å². The van der Waals surface area contributed by atoms with Gasteiger partial charge in [-0.25, -0.2) is 4.98 Å². The standard InChI is InChI=1S/C13H23N5O2/c1-10(2)11-14-12(16-15-11)13(20)18-5-3-4-17(6-7-18)8-9-19/h10,19H,3-9H2,1-2H3,(H,14,15,16). The van der Waals surface area contributed by atoms with Crippen LogP contribution < -0.4 is 0 Å². The molecule has 0 saturated carbocycles. The first-order valence-corrected chi connectivity index (χ1v) is 7.16. The van der Waals surface area contributed by atoms with E-state index in [0.29, 0.717) is 19.6 Å². The summed E-state index contributed by atoms with van der Waals surface area (Å²) in [5.74, 6) is 1.11. The van der Waals surface area contributed by atoms with Crippen LogP contribution in [0.3, 0.4) is 0 Å². The van der Waals surface area contributed by atoms with E-state index in [1.165, 1.54) is 0 Å². The van der Waals surface area contributed by atoms with Gasteiger partial charge < -0.3 is 10.0 Å². The average molecular weight is 281 g/mol. The molecule has 112 valence electrons. The number of nitrogens with one attached hydrogen (secondary N) is 1. The van der Waals surface area contributed by atoms with Crippen LogP contribution in [-0.2, 0) is 0 Å². The highest BCUT2D eigenvalue weighted by atomic mass is 16.3. The molecule has 1 aliphatic heterocycles. The first kappa shape index (κ1) is 14.9. The summed E-state index contributed by atoms with van der Waals surface area (Å²) >= 11 is 0. The van der Waals surface area contributed by atoms with Gasteiger partial charge in [0.1, 0.15) is 5.82 Å². The lowest BCUT2D eigenvalue weighted by molar-refractivity contribution is 0.0748. The number of carbonyl (C=O) groups is 1. The highest BCUT2D eigenvalue weighted by Crippen LogP contribution is 2.10. The third kappa shape index (κ3) is 3.55. The number of amides is 1. The van der Waals surface area contributed by atoms with E-state index in [1.54, 1.807) is 4.90 Å². The van der Waals surface area contributed by atoms with Crippen LogP contribution in [0.15, 0.2) is 0 Å². The Bertz CT molecular complexity index is 446. The highest BCUT2D eigenvalue weighted by molar-refractivity contribution is 5.90. The molecular weight excluding hydrogens is 258 g/mol. The lowest BCUT2D eigenvalue weighted by Gasteiger charge is -2.20. The van der Waals surface area contributed by atoms with Crippen LogP contribution in [-0.4, -0.2) is 75.3 Å². The van der Waals surface area contributed by atoms with Crippen molar-refractivity contribution in [3.63, 3.8) is 0 Å². The number of aromatic amines is 1. The molecule has 2 heterocycles. The Morgan fingerprint density at radius 2 is 2.15 bits per heavy atom. The summed E-state index contributed by atoms with van der Waals surface area (Å²) in [7, 11) is 0. The monoisotopic (exact) mass is 281 g/mol. The molecule has 7 heteroatoms. The largest absolute Gasteiger partial charge is 0.395 e. The molecule has 2 N–H and O–H groups in total. The molecule has 7 nitrogen and oxygen atoms in total. The van der Waals surface area contributed by atoms with Gasteiger partial charge in [-0.1, -0.05) is 13.8 Å². The lowest BCUT2D eigenvalue weighted by Crippen LogP contribution is -2.36. The lowest BCUT2D eigenvalue weighted by atomic mass is 10.2. The molecule has 20 heavy (non-hydrogen) atoms. The molecule has 1 aromatic rings. The van der Waals surface area contributed by atoms with E-state index in [-0.39, 0.29) is 24.3 Å². The van der Waals surface area contributed by atoms with Crippen molar-refractivity contribution in [1.82, 2.24) is 25.0 Å². The molecule has 1 saturated heterocycles. The minimum atomic E-state index is -0.112. The van der Waals surface area contributed by atoms with Gasteiger partial charge in [-0.3, -0.25) is 14.8 Å². The molecule has 1 aliphatic rings. The number of hydrogen-bond donors (Lipinski definition) is 2. The van der Waals surface area contributed by atoms with Gasteiger partial charge in [-0.05, 0) is 13.0 Å². The topological polar surface area (TPSA) is 85.3 Å². The van der Waals surface area contributed by atoms with Gasteiger partial charge in [0.05, 0.1) is 6.61 Å². The molecule has 0 unspecified atom stereocenters.